The van der Waals surface area contributed by atoms with E-state index in [9.17, 15) is 34.1 Å². The van der Waals surface area contributed by atoms with Gasteiger partial charge in [-0.15, -0.1) is 0 Å². The SMILES string of the molecule is O=C1C=CC2C(=C1)OC1C=C(O)C=CC1C2C1=CC(C(=O)NCCCCCCOP(=O)([O-])OS)CC=C1C(=O)O. The third-order valence-electron chi connectivity index (χ3n) is 7.27. The number of amides is 1. The van der Waals surface area contributed by atoms with Crippen LogP contribution in [0.4, 0.5) is 0 Å². The number of ketones is 1. The summed E-state index contributed by atoms with van der Waals surface area (Å²) in [6.45, 7) is 0.394. The fourth-order valence-corrected chi connectivity index (χ4v) is 5.96. The van der Waals surface area contributed by atoms with E-state index in [0.717, 1.165) is 6.42 Å². The number of phosphoric acid groups is 1. The van der Waals surface area contributed by atoms with E-state index >= 15 is 0 Å². The van der Waals surface area contributed by atoms with Crippen LogP contribution in [0.2, 0.25) is 0 Å². The lowest BCUT2D eigenvalue weighted by atomic mass is 9.66. The molecule has 4 aliphatic rings. The van der Waals surface area contributed by atoms with Crippen molar-refractivity contribution in [3.63, 3.8) is 0 Å². The van der Waals surface area contributed by atoms with Gasteiger partial charge in [0.25, 0.3) is 7.82 Å². The highest BCUT2D eigenvalue weighted by Gasteiger charge is 2.46. The van der Waals surface area contributed by atoms with Crippen molar-refractivity contribution in [3.8, 4) is 0 Å². The van der Waals surface area contributed by atoms with E-state index in [-0.39, 0.29) is 42.0 Å². The van der Waals surface area contributed by atoms with Crippen molar-refractivity contribution in [1.29, 1.82) is 0 Å². The first kappa shape index (κ1) is 30.1. The van der Waals surface area contributed by atoms with Crippen LogP contribution in [-0.4, -0.2) is 47.1 Å². The van der Waals surface area contributed by atoms with Crippen molar-refractivity contribution < 1.29 is 47.3 Å². The Morgan fingerprint density at radius 2 is 1.95 bits per heavy atom. The van der Waals surface area contributed by atoms with E-state index in [4.69, 9.17) is 4.74 Å². The van der Waals surface area contributed by atoms with E-state index in [1.807, 2.05) is 0 Å². The van der Waals surface area contributed by atoms with Crippen LogP contribution in [0.15, 0.2) is 71.3 Å². The number of thiol groups is 1. The number of unbranched alkanes of at least 4 members (excludes halogenated alkanes) is 3. The fourth-order valence-electron chi connectivity index (χ4n) is 5.42. The maximum Gasteiger partial charge on any atom is 0.335 e. The van der Waals surface area contributed by atoms with Crippen LogP contribution >= 0.6 is 20.7 Å². The summed E-state index contributed by atoms with van der Waals surface area (Å²) in [4.78, 5) is 48.4. The summed E-state index contributed by atoms with van der Waals surface area (Å²) in [6.07, 6.45) is 14.9. The molecule has 1 saturated heterocycles. The van der Waals surface area contributed by atoms with Crippen LogP contribution in [0, 0.1) is 23.7 Å². The monoisotopic (exact) mass is 592 g/mol. The second-order valence-electron chi connectivity index (χ2n) is 9.92. The van der Waals surface area contributed by atoms with Crippen LogP contribution in [0.3, 0.4) is 0 Å². The lowest BCUT2D eigenvalue weighted by molar-refractivity contribution is -0.215. The van der Waals surface area contributed by atoms with Crippen molar-refractivity contribution >= 4 is 38.4 Å². The molecule has 0 aromatic rings. The largest absolute Gasteiger partial charge is 0.755 e. The Hall–Kier alpha value is -2.89. The van der Waals surface area contributed by atoms with Crippen molar-refractivity contribution in [2.45, 2.75) is 38.2 Å². The molecule has 1 amide bonds. The van der Waals surface area contributed by atoms with E-state index in [1.165, 1.54) is 18.2 Å². The van der Waals surface area contributed by atoms with Gasteiger partial charge in [-0.2, -0.15) is 0 Å². The molecule has 0 aromatic heterocycles. The summed E-state index contributed by atoms with van der Waals surface area (Å²) in [7, 11) is -4.35. The van der Waals surface area contributed by atoms with Crippen LogP contribution in [0.1, 0.15) is 32.1 Å². The molecule has 13 heteroatoms. The van der Waals surface area contributed by atoms with Gasteiger partial charge in [0.1, 0.15) is 17.6 Å². The van der Waals surface area contributed by atoms with Crippen LogP contribution < -0.4 is 10.2 Å². The third kappa shape index (κ3) is 7.24. The molecule has 3 aliphatic carbocycles. The van der Waals surface area contributed by atoms with Gasteiger partial charge in [0.15, 0.2) is 5.78 Å². The standard InChI is InChI=1S/C27H32NO10PS/c29-17-6-9-20-23(14-17)37-24-15-18(30)7-10-21(24)25(20)22-13-16(5-8-19(22)27(32)33)26(31)28-11-3-1-2-4-12-36-39(34,35)38-40/h6-10,13-16,20-21,23,25,29,40H,1-5,11-12H2,(H,28,31)(H,32,33)(H,34,35)/p-1. The Morgan fingerprint density at radius 3 is 2.70 bits per heavy atom. The number of phosphoric ester groups is 1. The molecule has 0 aromatic carbocycles. The van der Waals surface area contributed by atoms with Gasteiger partial charge in [0.2, 0.25) is 5.91 Å². The van der Waals surface area contributed by atoms with E-state index in [1.54, 1.807) is 30.4 Å². The predicted molar refractivity (Wildman–Crippen MR) is 144 cm³/mol. The summed E-state index contributed by atoms with van der Waals surface area (Å²) in [5.74, 6) is -2.92. The topological polar surface area (TPSA) is 172 Å². The second-order valence-corrected chi connectivity index (χ2v) is 11.7. The van der Waals surface area contributed by atoms with E-state index < -0.39 is 37.6 Å². The quantitative estimate of drug-likeness (QED) is 0.114. The van der Waals surface area contributed by atoms with Crippen LogP contribution in [-0.2, 0) is 32.2 Å². The number of carboxylic acid groups (broad SMARTS) is 1. The first-order valence-corrected chi connectivity index (χ1v) is 14.8. The molecule has 0 bridgehead atoms. The highest BCUT2D eigenvalue weighted by atomic mass is 32.1. The van der Waals surface area contributed by atoms with Gasteiger partial charge < -0.3 is 29.7 Å². The van der Waals surface area contributed by atoms with Crippen molar-refractivity contribution in [1.82, 2.24) is 5.32 Å². The van der Waals surface area contributed by atoms with E-state index in [0.29, 0.717) is 37.1 Å². The molecule has 0 radical (unpaired) electrons. The minimum atomic E-state index is -4.35. The molecule has 1 aliphatic heterocycles. The number of hydrogen-bond donors (Lipinski definition) is 4. The molecule has 0 saturated carbocycles. The average Bonchev–Trinajstić information content (AvgIpc) is 2.92. The van der Waals surface area contributed by atoms with E-state index in [2.05, 4.69) is 26.7 Å². The minimum Gasteiger partial charge on any atom is -0.755 e. The zero-order chi connectivity index (χ0) is 28.9. The van der Waals surface area contributed by atoms with Crippen molar-refractivity contribution in [3.05, 3.63) is 71.3 Å². The Bertz CT molecular complexity index is 1270. The Labute approximate surface area is 237 Å². The number of carboxylic acids is 1. The summed E-state index contributed by atoms with van der Waals surface area (Å²) in [5.41, 5.74) is 0.604. The maximum absolute atomic E-state index is 13.0. The van der Waals surface area contributed by atoms with Crippen LogP contribution in [0.25, 0.3) is 0 Å². The van der Waals surface area contributed by atoms with Gasteiger partial charge in [0.05, 0.1) is 18.1 Å². The predicted octanol–water partition coefficient (Wildman–Crippen LogP) is 3.25. The van der Waals surface area contributed by atoms with Gasteiger partial charge in [-0.05, 0) is 56.0 Å². The number of nitrogens with one attached hydrogen (secondary N) is 1. The number of ether oxygens (including phenoxy) is 1. The number of carbonyl (C=O) groups excluding carboxylic acids is 2. The van der Waals surface area contributed by atoms with Gasteiger partial charge in [-0.25, -0.2) is 4.79 Å². The molecule has 3 N–H and O–H groups in total. The second kappa shape index (κ2) is 13.2. The summed E-state index contributed by atoms with van der Waals surface area (Å²) >= 11 is 3.22. The Balaban J connectivity index is 1.42. The number of fused-ring (bicyclic) bond motifs is 2. The summed E-state index contributed by atoms with van der Waals surface area (Å²) in [5, 5.41) is 22.9. The molecule has 1 heterocycles. The minimum absolute atomic E-state index is 0.0124. The molecule has 6 atom stereocenters. The molecular formula is C27H31NO10PS-. The molecule has 216 valence electrons. The zero-order valence-corrected chi connectivity index (χ0v) is 23.3. The molecule has 11 nitrogen and oxygen atoms in total. The molecule has 6 unspecified atom stereocenters. The van der Waals surface area contributed by atoms with Gasteiger partial charge in [-0.3, -0.25) is 18.1 Å². The number of allylic oxidation sites excluding steroid dienone is 5. The molecule has 0 spiro atoms. The zero-order valence-electron chi connectivity index (χ0n) is 21.5. The third-order valence-corrected chi connectivity index (χ3v) is 8.57. The Kier molecular flexibility index (Phi) is 9.91. The number of aliphatic hydroxyl groups is 1. The normalized spacial score (nSPS) is 28.6. The lowest BCUT2D eigenvalue weighted by Gasteiger charge is -2.45. The van der Waals surface area contributed by atoms with Gasteiger partial charge in [0, 0.05) is 30.4 Å². The first-order valence-electron chi connectivity index (χ1n) is 13.0. The smallest absolute Gasteiger partial charge is 0.335 e. The number of rotatable bonds is 12. The highest BCUT2D eigenvalue weighted by Crippen LogP contribution is 2.49. The van der Waals surface area contributed by atoms with Gasteiger partial charge >= 0.3 is 5.97 Å². The van der Waals surface area contributed by atoms with Crippen molar-refractivity contribution in [2.24, 2.45) is 23.7 Å². The first-order chi connectivity index (χ1) is 19.1. The molecule has 4 rings (SSSR count). The number of carbonyl (C=O) groups is 3. The number of hydrogen-bond acceptors (Lipinski definition) is 10. The molecule has 1 fully saturated rings. The fraction of sp³-hybridized carbons (Fsp3) is 0.444. The Morgan fingerprint density at radius 1 is 1.18 bits per heavy atom. The van der Waals surface area contributed by atoms with Gasteiger partial charge in [-0.1, -0.05) is 37.1 Å². The lowest BCUT2D eigenvalue weighted by Crippen LogP contribution is -2.43. The van der Waals surface area contributed by atoms with Crippen molar-refractivity contribution in [2.75, 3.05) is 13.2 Å². The maximum atomic E-state index is 13.0. The molecule has 40 heavy (non-hydrogen) atoms. The average molecular weight is 593 g/mol. The number of aliphatic hydroxyl groups excluding tert-OH is 1. The van der Waals surface area contributed by atoms with Crippen LogP contribution in [0.5, 0.6) is 0 Å². The highest BCUT2D eigenvalue weighted by molar-refractivity contribution is 7.80. The number of aliphatic carboxylic acids is 1. The summed E-state index contributed by atoms with van der Waals surface area (Å²) in [6, 6.07) is 0. The summed E-state index contributed by atoms with van der Waals surface area (Å²) < 4.78 is 25.6. The molecular weight excluding hydrogens is 561 g/mol.